The number of piperidine rings is 1. The van der Waals surface area contributed by atoms with Gasteiger partial charge in [0.05, 0.1) is 21.5 Å². The third-order valence-electron chi connectivity index (χ3n) is 4.53. The Balaban J connectivity index is 1.77. The van der Waals surface area contributed by atoms with Crippen LogP contribution in [0.25, 0.3) is 0 Å². The molecular formula is C16H17N7O6. The molecule has 0 saturated carbocycles. The van der Waals surface area contributed by atoms with Crippen LogP contribution in [0.1, 0.15) is 12.8 Å². The van der Waals surface area contributed by atoms with Crippen LogP contribution in [0.4, 0.5) is 28.7 Å². The molecule has 1 saturated heterocycles. The highest BCUT2D eigenvalue weighted by atomic mass is 16.6. The lowest BCUT2D eigenvalue weighted by atomic mass is 9.97. The molecule has 3 N–H and O–H groups in total. The summed E-state index contributed by atoms with van der Waals surface area (Å²) in [7, 11) is 0. The van der Waals surface area contributed by atoms with Crippen molar-refractivity contribution in [1.29, 1.82) is 0 Å². The molecule has 0 unspecified atom stereocenters. The van der Waals surface area contributed by atoms with Crippen LogP contribution >= 0.6 is 0 Å². The summed E-state index contributed by atoms with van der Waals surface area (Å²) in [5.41, 5.74) is 5.34. The predicted octanol–water partition coefficient (Wildman–Crippen LogP) is 2.03. The first-order valence-electron chi connectivity index (χ1n) is 8.60. The molecule has 13 nitrogen and oxygen atoms in total. The van der Waals surface area contributed by atoms with Gasteiger partial charge < -0.3 is 10.0 Å². The van der Waals surface area contributed by atoms with Gasteiger partial charge in [-0.3, -0.25) is 35.9 Å². The lowest BCUT2D eigenvalue weighted by molar-refractivity contribution is -0.384. The number of carbonyl (C=O) groups is 1. The molecule has 0 radical (unpaired) electrons. The van der Waals surface area contributed by atoms with Crippen LogP contribution < -0.4 is 15.8 Å². The van der Waals surface area contributed by atoms with Gasteiger partial charge in [-0.2, -0.15) is 0 Å². The number of carboxylic acid groups (broad SMARTS) is 1. The van der Waals surface area contributed by atoms with E-state index in [2.05, 4.69) is 20.8 Å². The first-order valence-corrected chi connectivity index (χ1v) is 8.60. The highest BCUT2D eigenvalue weighted by Crippen LogP contribution is 2.34. The second-order valence-electron chi connectivity index (χ2n) is 6.31. The van der Waals surface area contributed by atoms with Crippen LogP contribution in [0.2, 0.25) is 0 Å². The van der Waals surface area contributed by atoms with Gasteiger partial charge >= 0.3 is 11.7 Å². The summed E-state index contributed by atoms with van der Waals surface area (Å²) in [6.07, 6.45) is 1.89. The fraction of sp³-hybridized carbons (Fsp3) is 0.312. The number of benzene rings is 1. The van der Waals surface area contributed by atoms with E-state index in [-0.39, 0.29) is 23.0 Å². The molecule has 13 heteroatoms. The molecule has 1 aromatic heterocycles. The van der Waals surface area contributed by atoms with Gasteiger partial charge in [0, 0.05) is 25.2 Å². The zero-order valence-corrected chi connectivity index (χ0v) is 15.0. The van der Waals surface area contributed by atoms with E-state index >= 15 is 0 Å². The van der Waals surface area contributed by atoms with Crippen LogP contribution in [-0.2, 0) is 4.79 Å². The van der Waals surface area contributed by atoms with E-state index in [9.17, 15) is 25.0 Å². The van der Waals surface area contributed by atoms with Gasteiger partial charge in [-0.25, -0.2) is 9.97 Å². The number of nitro benzene ring substituents is 1. The minimum absolute atomic E-state index is 0.0845. The van der Waals surface area contributed by atoms with Gasteiger partial charge in [0.25, 0.3) is 5.69 Å². The van der Waals surface area contributed by atoms with Crippen LogP contribution in [-0.4, -0.2) is 44.0 Å². The van der Waals surface area contributed by atoms with Gasteiger partial charge in [0.1, 0.15) is 6.33 Å². The van der Waals surface area contributed by atoms with Gasteiger partial charge in [0.15, 0.2) is 0 Å². The van der Waals surface area contributed by atoms with Crippen molar-refractivity contribution in [3.63, 3.8) is 0 Å². The van der Waals surface area contributed by atoms with Crippen molar-refractivity contribution in [3.05, 3.63) is 50.8 Å². The number of aromatic nitrogens is 2. The zero-order valence-electron chi connectivity index (χ0n) is 15.0. The molecule has 1 aliphatic rings. The minimum Gasteiger partial charge on any atom is -0.481 e. The molecule has 29 heavy (non-hydrogen) atoms. The lowest BCUT2D eigenvalue weighted by Gasteiger charge is -2.30. The number of rotatable bonds is 7. The quantitative estimate of drug-likeness (QED) is 0.455. The molecule has 0 amide bonds. The van der Waals surface area contributed by atoms with Crippen LogP contribution in [0.5, 0.6) is 0 Å². The van der Waals surface area contributed by atoms with Gasteiger partial charge in [-0.05, 0) is 25.0 Å². The zero-order chi connectivity index (χ0) is 21.0. The highest BCUT2D eigenvalue weighted by Gasteiger charge is 2.31. The Labute approximate surface area is 163 Å². The van der Waals surface area contributed by atoms with E-state index < -0.39 is 21.7 Å². The van der Waals surface area contributed by atoms with Crippen LogP contribution in [0.3, 0.4) is 0 Å². The number of carboxylic acids is 1. The first-order chi connectivity index (χ1) is 13.9. The van der Waals surface area contributed by atoms with E-state index in [1.807, 2.05) is 0 Å². The molecule has 152 valence electrons. The Hall–Kier alpha value is -4.03. The largest absolute Gasteiger partial charge is 0.481 e. The summed E-state index contributed by atoms with van der Waals surface area (Å²) in [4.78, 5) is 41.9. The average Bonchev–Trinajstić information content (AvgIpc) is 2.72. The number of non-ortho nitro benzene ring substituents is 1. The van der Waals surface area contributed by atoms with E-state index in [1.165, 1.54) is 30.6 Å². The van der Waals surface area contributed by atoms with Crippen LogP contribution in [0.15, 0.2) is 30.6 Å². The molecule has 0 atom stereocenters. The second kappa shape index (κ2) is 8.33. The number of anilines is 3. The number of aliphatic carboxylic acids is 1. The number of nitrogens with zero attached hydrogens (tertiary/aromatic N) is 5. The fourth-order valence-electron chi connectivity index (χ4n) is 3.00. The maximum Gasteiger partial charge on any atom is 0.355 e. The number of nitrogens with one attached hydrogen (secondary N) is 2. The first kappa shape index (κ1) is 19.7. The van der Waals surface area contributed by atoms with E-state index in [4.69, 9.17) is 5.11 Å². The summed E-state index contributed by atoms with van der Waals surface area (Å²) in [5.74, 6) is -1.34. The molecule has 0 spiro atoms. The number of hydrogen-bond acceptors (Lipinski definition) is 10. The van der Waals surface area contributed by atoms with Crippen molar-refractivity contribution in [2.24, 2.45) is 5.92 Å². The maximum absolute atomic E-state index is 11.7. The van der Waals surface area contributed by atoms with Crippen molar-refractivity contribution in [2.75, 3.05) is 28.8 Å². The van der Waals surface area contributed by atoms with Crippen molar-refractivity contribution in [1.82, 2.24) is 9.97 Å². The van der Waals surface area contributed by atoms with Crippen molar-refractivity contribution < 1.29 is 19.7 Å². The standard InChI is InChI=1S/C16H17N7O6/c24-16(25)10-5-7-21(8-6-10)15-13(23(28)29)14(17-9-18-15)20-19-11-1-3-12(4-2-11)22(26)27/h1-4,9-10,19H,5-8H2,(H,24,25)(H,17,18,20). The average molecular weight is 403 g/mol. The molecule has 0 aliphatic carbocycles. The molecular weight excluding hydrogens is 386 g/mol. The van der Waals surface area contributed by atoms with E-state index in [0.29, 0.717) is 31.6 Å². The minimum atomic E-state index is -0.878. The third kappa shape index (κ3) is 4.45. The van der Waals surface area contributed by atoms with Gasteiger partial charge in [0.2, 0.25) is 11.6 Å². The summed E-state index contributed by atoms with van der Waals surface area (Å²) in [5, 5.41) is 31.4. The predicted molar refractivity (Wildman–Crippen MR) is 102 cm³/mol. The van der Waals surface area contributed by atoms with E-state index in [0.717, 1.165) is 0 Å². The molecule has 1 fully saturated rings. The molecule has 0 bridgehead atoms. The Kier molecular flexibility index (Phi) is 5.66. The monoisotopic (exact) mass is 403 g/mol. The second-order valence-corrected chi connectivity index (χ2v) is 6.31. The molecule has 1 aliphatic heterocycles. The van der Waals surface area contributed by atoms with Crippen molar-refractivity contribution in [3.8, 4) is 0 Å². The summed E-state index contributed by atoms with van der Waals surface area (Å²) >= 11 is 0. The molecule has 3 rings (SSSR count). The molecule has 1 aromatic carbocycles. The summed E-state index contributed by atoms with van der Waals surface area (Å²) < 4.78 is 0. The van der Waals surface area contributed by atoms with E-state index in [1.54, 1.807) is 4.90 Å². The summed E-state index contributed by atoms with van der Waals surface area (Å²) in [6, 6.07) is 5.46. The van der Waals surface area contributed by atoms with Crippen molar-refractivity contribution in [2.45, 2.75) is 12.8 Å². The highest BCUT2D eigenvalue weighted by molar-refractivity contribution is 5.73. The van der Waals surface area contributed by atoms with Crippen molar-refractivity contribution >= 4 is 34.7 Å². The Morgan fingerprint density at radius 3 is 2.28 bits per heavy atom. The number of hydrazine groups is 1. The summed E-state index contributed by atoms with van der Waals surface area (Å²) in [6.45, 7) is 0.647. The lowest BCUT2D eigenvalue weighted by Crippen LogP contribution is -2.37. The van der Waals surface area contributed by atoms with Crippen LogP contribution in [0, 0.1) is 26.1 Å². The SMILES string of the molecule is O=C(O)C1CCN(c2ncnc(NNc3ccc([N+](=O)[O-])cc3)c2[N+](=O)[O-])CC1. The normalized spacial score (nSPS) is 14.3. The topological polar surface area (TPSA) is 177 Å². The fourth-order valence-corrected chi connectivity index (χ4v) is 3.00. The Morgan fingerprint density at radius 2 is 1.72 bits per heavy atom. The third-order valence-corrected chi connectivity index (χ3v) is 4.53. The Morgan fingerprint density at radius 1 is 1.07 bits per heavy atom. The van der Waals surface area contributed by atoms with Gasteiger partial charge in [-0.15, -0.1) is 0 Å². The molecule has 2 aromatic rings. The maximum atomic E-state index is 11.7. The molecule has 2 heterocycles. The van der Waals surface area contributed by atoms with Gasteiger partial charge in [-0.1, -0.05) is 0 Å². The number of nitro groups is 2. The Bertz CT molecular complexity index is 928. The number of hydrogen-bond donors (Lipinski definition) is 3. The smallest absolute Gasteiger partial charge is 0.355 e.